The lowest BCUT2D eigenvalue weighted by atomic mass is 10.2. The lowest BCUT2D eigenvalue weighted by Crippen LogP contribution is -1.89. The van der Waals surface area contributed by atoms with Crippen molar-refractivity contribution in [3.8, 4) is 10.4 Å². The number of fused-ring (bicyclic) bond motifs is 1. The Hall–Kier alpha value is -1.88. The van der Waals surface area contributed by atoms with Gasteiger partial charge >= 0.3 is 0 Å². The highest BCUT2D eigenvalue weighted by Gasteiger charge is 2.03. The minimum atomic E-state index is 0.304. The second-order valence-electron chi connectivity index (χ2n) is 3.17. The van der Waals surface area contributed by atoms with E-state index >= 15 is 0 Å². The second-order valence-corrected chi connectivity index (χ2v) is 4.12. The summed E-state index contributed by atoms with van der Waals surface area (Å²) >= 11 is 1.70. The molecule has 0 saturated carbocycles. The molecule has 3 aromatic rings. The minimum absolute atomic E-state index is 0.304. The molecule has 3 heterocycles. The highest BCUT2D eigenvalue weighted by molar-refractivity contribution is 7.13. The van der Waals surface area contributed by atoms with Crippen molar-refractivity contribution < 1.29 is 0 Å². The molecule has 15 heavy (non-hydrogen) atoms. The molecule has 0 spiro atoms. The van der Waals surface area contributed by atoms with E-state index in [1.165, 1.54) is 4.88 Å². The van der Waals surface area contributed by atoms with E-state index in [1.807, 2.05) is 24.4 Å². The van der Waals surface area contributed by atoms with Crippen molar-refractivity contribution in [2.45, 2.75) is 0 Å². The van der Waals surface area contributed by atoms with Gasteiger partial charge < -0.3 is 5.73 Å². The van der Waals surface area contributed by atoms with Gasteiger partial charge in [-0.25, -0.2) is 4.52 Å². The van der Waals surface area contributed by atoms with Crippen LogP contribution < -0.4 is 5.73 Å². The van der Waals surface area contributed by atoms with Crippen molar-refractivity contribution in [3.63, 3.8) is 0 Å². The van der Waals surface area contributed by atoms with Gasteiger partial charge in [0.15, 0.2) is 5.65 Å². The number of nitrogen functional groups attached to an aromatic ring is 1. The van der Waals surface area contributed by atoms with Crippen molar-refractivity contribution in [1.29, 1.82) is 0 Å². The standard InChI is InChI=1S/C10H8N4S/c11-10-12-9-4-3-7(6-14(9)13-10)8-2-1-5-15-8/h1-6H,(H2,11,13). The molecular weight excluding hydrogens is 208 g/mol. The summed E-state index contributed by atoms with van der Waals surface area (Å²) in [4.78, 5) is 5.28. The zero-order valence-electron chi connectivity index (χ0n) is 7.79. The first-order valence-electron chi connectivity index (χ1n) is 4.49. The van der Waals surface area contributed by atoms with Crippen LogP contribution in [0, 0.1) is 0 Å². The molecule has 2 N–H and O–H groups in total. The van der Waals surface area contributed by atoms with E-state index in [1.54, 1.807) is 15.9 Å². The fourth-order valence-corrected chi connectivity index (χ4v) is 2.21. The van der Waals surface area contributed by atoms with Crippen LogP contribution in [-0.2, 0) is 0 Å². The molecule has 3 aromatic heterocycles. The van der Waals surface area contributed by atoms with Crippen LogP contribution >= 0.6 is 11.3 Å². The normalized spacial score (nSPS) is 10.9. The fourth-order valence-electron chi connectivity index (χ4n) is 1.49. The maximum Gasteiger partial charge on any atom is 0.240 e. The van der Waals surface area contributed by atoms with Crippen molar-refractivity contribution in [1.82, 2.24) is 14.6 Å². The van der Waals surface area contributed by atoms with Gasteiger partial charge in [0.05, 0.1) is 0 Å². The Morgan fingerprint density at radius 2 is 2.20 bits per heavy atom. The smallest absolute Gasteiger partial charge is 0.240 e. The summed E-state index contributed by atoms with van der Waals surface area (Å²) in [5.41, 5.74) is 7.42. The molecule has 74 valence electrons. The number of hydrogen-bond acceptors (Lipinski definition) is 4. The highest BCUT2D eigenvalue weighted by atomic mass is 32.1. The topological polar surface area (TPSA) is 56.2 Å². The Labute approximate surface area is 90.0 Å². The Balaban J connectivity index is 2.21. The van der Waals surface area contributed by atoms with Crippen LogP contribution in [0.15, 0.2) is 35.8 Å². The van der Waals surface area contributed by atoms with Crippen LogP contribution in [0.4, 0.5) is 5.95 Å². The van der Waals surface area contributed by atoms with E-state index in [2.05, 4.69) is 21.5 Å². The Kier molecular flexibility index (Phi) is 1.72. The number of nitrogens with zero attached hydrogens (tertiary/aromatic N) is 3. The summed E-state index contributed by atoms with van der Waals surface area (Å²) in [6.07, 6.45) is 1.94. The zero-order valence-corrected chi connectivity index (χ0v) is 8.61. The van der Waals surface area contributed by atoms with E-state index in [-0.39, 0.29) is 0 Å². The number of hydrogen-bond donors (Lipinski definition) is 1. The molecule has 0 aliphatic carbocycles. The molecule has 0 saturated heterocycles. The first-order chi connectivity index (χ1) is 7.33. The van der Waals surface area contributed by atoms with E-state index in [4.69, 9.17) is 5.73 Å². The average Bonchev–Trinajstić information content (AvgIpc) is 2.82. The molecule has 4 nitrogen and oxygen atoms in total. The van der Waals surface area contributed by atoms with Crippen molar-refractivity contribution >= 4 is 22.9 Å². The summed E-state index contributed by atoms with van der Waals surface area (Å²) in [7, 11) is 0. The van der Waals surface area contributed by atoms with Gasteiger partial charge in [0, 0.05) is 16.6 Å². The monoisotopic (exact) mass is 216 g/mol. The van der Waals surface area contributed by atoms with E-state index in [0.29, 0.717) is 5.95 Å². The van der Waals surface area contributed by atoms with E-state index < -0.39 is 0 Å². The number of pyridine rings is 1. The Morgan fingerprint density at radius 1 is 1.27 bits per heavy atom. The van der Waals surface area contributed by atoms with Gasteiger partial charge in [-0.2, -0.15) is 4.98 Å². The molecule has 3 rings (SSSR count). The van der Waals surface area contributed by atoms with E-state index in [9.17, 15) is 0 Å². The van der Waals surface area contributed by atoms with Crippen LogP contribution in [0.5, 0.6) is 0 Å². The maximum atomic E-state index is 5.52. The predicted octanol–water partition coefficient (Wildman–Crippen LogP) is 2.04. The number of thiophene rings is 1. The zero-order chi connectivity index (χ0) is 10.3. The number of anilines is 1. The SMILES string of the molecule is Nc1nc2ccc(-c3cccs3)cn2n1. The maximum absolute atomic E-state index is 5.52. The fraction of sp³-hybridized carbons (Fsp3) is 0. The minimum Gasteiger partial charge on any atom is -0.366 e. The third-order valence-electron chi connectivity index (χ3n) is 2.15. The molecule has 0 aromatic carbocycles. The average molecular weight is 216 g/mol. The molecule has 0 radical (unpaired) electrons. The second kappa shape index (κ2) is 3.06. The molecule has 0 fully saturated rings. The van der Waals surface area contributed by atoms with Gasteiger partial charge in [-0.1, -0.05) is 6.07 Å². The summed E-state index contributed by atoms with van der Waals surface area (Å²) < 4.78 is 1.70. The van der Waals surface area contributed by atoms with Gasteiger partial charge in [-0.05, 0) is 23.6 Å². The van der Waals surface area contributed by atoms with Crippen molar-refractivity contribution in [2.24, 2.45) is 0 Å². The lowest BCUT2D eigenvalue weighted by molar-refractivity contribution is 0.970. The van der Waals surface area contributed by atoms with Crippen LogP contribution in [0.3, 0.4) is 0 Å². The third-order valence-corrected chi connectivity index (χ3v) is 3.07. The van der Waals surface area contributed by atoms with Gasteiger partial charge in [0.2, 0.25) is 5.95 Å². The van der Waals surface area contributed by atoms with Crippen molar-refractivity contribution in [2.75, 3.05) is 5.73 Å². The number of rotatable bonds is 1. The summed E-state index contributed by atoms with van der Waals surface area (Å²) in [5, 5.41) is 6.12. The number of aromatic nitrogens is 3. The molecule has 0 unspecified atom stereocenters. The Bertz CT molecular complexity index is 597. The highest BCUT2D eigenvalue weighted by Crippen LogP contribution is 2.24. The number of nitrogens with two attached hydrogens (primary N) is 1. The first-order valence-corrected chi connectivity index (χ1v) is 5.37. The quantitative estimate of drug-likeness (QED) is 0.677. The van der Waals surface area contributed by atoms with Crippen molar-refractivity contribution in [3.05, 3.63) is 35.8 Å². The van der Waals surface area contributed by atoms with E-state index in [0.717, 1.165) is 11.2 Å². The van der Waals surface area contributed by atoms with Crippen LogP contribution in [0.1, 0.15) is 0 Å². The van der Waals surface area contributed by atoms with Crippen LogP contribution in [0.25, 0.3) is 16.1 Å². The largest absolute Gasteiger partial charge is 0.366 e. The third kappa shape index (κ3) is 1.37. The summed E-state index contributed by atoms with van der Waals surface area (Å²) in [6, 6.07) is 8.04. The molecule has 0 bridgehead atoms. The summed E-state index contributed by atoms with van der Waals surface area (Å²) in [6.45, 7) is 0. The summed E-state index contributed by atoms with van der Waals surface area (Å²) in [5.74, 6) is 0.304. The molecule has 0 aliphatic rings. The van der Waals surface area contributed by atoms with Gasteiger partial charge in [-0.15, -0.1) is 16.4 Å². The van der Waals surface area contributed by atoms with Gasteiger partial charge in [-0.3, -0.25) is 0 Å². The van der Waals surface area contributed by atoms with Crippen LogP contribution in [-0.4, -0.2) is 14.6 Å². The molecular formula is C10H8N4S. The van der Waals surface area contributed by atoms with Gasteiger partial charge in [0.25, 0.3) is 0 Å². The molecule has 0 aliphatic heterocycles. The van der Waals surface area contributed by atoms with Gasteiger partial charge in [0.1, 0.15) is 0 Å². The molecule has 5 heteroatoms. The first kappa shape index (κ1) is 8.43. The lowest BCUT2D eigenvalue weighted by Gasteiger charge is -1.97. The Morgan fingerprint density at radius 3 is 3.00 bits per heavy atom. The predicted molar refractivity (Wildman–Crippen MR) is 60.7 cm³/mol. The molecule has 0 amide bonds. The van der Waals surface area contributed by atoms with Crippen LogP contribution in [0.2, 0.25) is 0 Å². The molecule has 0 atom stereocenters.